The molecule has 0 aliphatic rings. The predicted molar refractivity (Wildman–Crippen MR) is 73.6 cm³/mol. The number of H-pyrrole nitrogens is 1. The van der Waals surface area contributed by atoms with Gasteiger partial charge in [0, 0.05) is 17.3 Å². The fraction of sp³-hybridized carbons (Fsp3) is 0.308. The second-order valence-corrected chi connectivity index (χ2v) is 4.37. The zero-order chi connectivity index (χ0) is 14.0. The van der Waals surface area contributed by atoms with Gasteiger partial charge in [-0.05, 0) is 33.8 Å². The van der Waals surface area contributed by atoms with Gasteiger partial charge in [0.25, 0.3) is 5.56 Å². The Morgan fingerprint density at radius 3 is 2.68 bits per heavy atom. The zero-order valence-corrected chi connectivity index (χ0v) is 11.4. The second kappa shape index (κ2) is 5.09. The molecule has 0 radical (unpaired) electrons. The van der Waals surface area contributed by atoms with Crippen molar-refractivity contribution in [3.63, 3.8) is 0 Å². The van der Waals surface area contributed by atoms with Crippen LogP contribution in [0.1, 0.15) is 29.7 Å². The lowest BCUT2D eigenvalue weighted by Gasteiger charge is -2.02. The first-order valence-electron chi connectivity index (χ1n) is 5.91. The molecule has 2 N–H and O–H groups in total. The number of aryl methyl sites for hydroxylation is 3. The number of furan rings is 1. The molecule has 0 spiro atoms. The Morgan fingerprint density at radius 1 is 1.37 bits per heavy atom. The summed E-state index contributed by atoms with van der Waals surface area (Å²) >= 11 is 0. The first-order valence-corrected chi connectivity index (χ1v) is 5.91. The van der Waals surface area contributed by atoms with Crippen molar-refractivity contribution >= 4 is 11.7 Å². The van der Waals surface area contributed by atoms with Gasteiger partial charge in [0.15, 0.2) is 0 Å². The van der Waals surface area contributed by atoms with E-state index < -0.39 is 0 Å². The molecule has 6 nitrogen and oxygen atoms in total. The topological polar surface area (TPSA) is 83.3 Å². The molecule has 0 atom stereocenters. The lowest BCUT2D eigenvalue weighted by Crippen LogP contribution is -2.11. The number of nitrogens with one attached hydrogen (secondary N) is 2. The number of rotatable bonds is 3. The molecular formula is C13H16N4O2. The highest BCUT2D eigenvalue weighted by Gasteiger charge is 2.07. The van der Waals surface area contributed by atoms with Gasteiger partial charge < -0.3 is 4.42 Å². The van der Waals surface area contributed by atoms with E-state index in [4.69, 9.17) is 4.42 Å². The molecule has 0 saturated carbocycles. The van der Waals surface area contributed by atoms with Crippen molar-refractivity contribution < 1.29 is 4.42 Å². The Labute approximate surface area is 110 Å². The Balaban J connectivity index is 2.22. The van der Waals surface area contributed by atoms with Crippen LogP contribution in [0.3, 0.4) is 0 Å². The average Bonchev–Trinajstić information content (AvgIpc) is 2.64. The third kappa shape index (κ3) is 3.09. The molecule has 2 heterocycles. The van der Waals surface area contributed by atoms with Gasteiger partial charge in [0.2, 0.25) is 5.95 Å². The lowest BCUT2D eigenvalue weighted by atomic mass is 10.2. The second-order valence-electron chi connectivity index (χ2n) is 4.37. The monoisotopic (exact) mass is 260 g/mol. The van der Waals surface area contributed by atoms with E-state index in [-0.39, 0.29) is 5.56 Å². The predicted octanol–water partition coefficient (Wildman–Crippen LogP) is 2.12. The van der Waals surface area contributed by atoms with Crippen LogP contribution >= 0.6 is 0 Å². The molecule has 0 saturated heterocycles. The molecule has 0 aliphatic heterocycles. The summed E-state index contributed by atoms with van der Waals surface area (Å²) in [5, 5.41) is 4.20. The van der Waals surface area contributed by atoms with Crippen LogP contribution in [0.15, 0.2) is 26.4 Å². The van der Waals surface area contributed by atoms with Crippen molar-refractivity contribution in [1.82, 2.24) is 9.97 Å². The maximum atomic E-state index is 11.3. The van der Waals surface area contributed by atoms with Crippen LogP contribution in [-0.4, -0.2) is 15.7 Å². The van der Waals surface area contributed by atoms with Crippen molar-refractivity contribution in [2.24, 2.45) is 5.10 Å². The van der Waals surface area contributed by atoms with E-state index in [1.165, 1.54) is 6.07 Å². The van der Waals surface area contributed by atoms with Gasteiger partial charge >= 0.3 is 0 Å². The van der Waals surface area contributed by atoms with Gasteiger partial charge in [-0.25, -0.2) is 10.4 Å². The van der Waals surface area contributed by atoms with E-state index in [0.717, 1.165) is 22.8 Å². The van der Waals surface area contributed by atoms with Crippen LogP contribution in [0.2, 0.25) is 0 Å². The first-order chi connectivity index (χ1) is 8.95. The Morgan fingerprint density at radius 2 is 2.11 bits per heavy atom. The molecule has 2 aromatic rings. The zero-order valence-electron chi connectivity index (χ0n) is 11.4. The summed E-state index contributed by atoms with van der Waals surface area (Å²) in [4.78, 5) is 18.0. The fourth-order valence-corrected chi connectivity index (χ4v) is 1.82. The molecule has 2 rings (SSSR count). The van der Waals surface area contributed by atoms with Gasteiger partial charge in [-0.3, -0.25) is 9.78 Å². The highest BCUT2D eigenvalue weighted by atomic mass is 16.3. The molecule has 0 aromatic carbocycles. The third-order valence-corrected chi connectivity index (χ3v) is 2.63. The maximum absolute atomic E-state index is 11.3. The summed E-state index contributed by atoms with van der Waals surface area (Å²) in [7, 11) is 0. The molecule has 2 aromatic heterocycles. The average molecular weight is 260 g/mol. The van der Waals surface area contributed by atoms with Gasteiger partial charge in [-0.1, -0.05) is 0 Å². The first kappa shape index (κ1) is 13.1. The Bertz CT molecular complexity index is 682. The quantitative estimate of drug-likeness (QED) is 0.654. The summed E-state index contributed by atoms with van der Waals surface area (Å²) in [5.41, 5.74) is 4.86. The summed E-state index contributed by atoms with van der Waals surface area (Å²) in [5.74, 6) is 1.97. The highest BCUT2D eigenvalue weighted by Crippen LogP contribution is 2.14. The van der Waals surface area contributed by atoms with Crippen LogP contribution in [0.5, 0.6) is 0 Å². The van der Waals surface area contributed by atoms with Crippen LogP contribution in [-0.2, 0) is 0 Å². The van der Waals surface area contributed by atoms with Gasteiger partial charge in [-0.2, -0.15) is 5.10 Å². The summed E-state index contributed by atoms with van der Waals surface area (Å²) in [6, 6.07) is 3.34. The van der Waals surface area contributed by atoms with E-state index in [9.17, 15) is 4.79 Å². The SMILES string of the molecule is C/C(=N/Nc1nc(C)cc(=O)[nH]1)c1cc(C)oc1C. The molecular weight excluding hydrogens is 244 g/mol. The number of nitrogens with zero attached hydrogens (tertiary/aromatic N) is 2. The van der Waals surface area contributed by atoms with Crippen LogP contribution in [0.4, 0.5) is 5.95 Å². The largest absolute Gasteiger partial charge is 0.466 e. The number of hydrogen-bond donors (Lipinski definition) is 2. The van der Waals surface area contributed by atoms with Crippen LogP contribution < -0.4 is 11.0 Å². The van der Waals surface area contributed by atoms with Crippen LogP contribution in [0, 0.1) is 20.8 Å². The lowest BCUT2D eigenvalue weighted by molar-refractivity contribution is 0.504. The summed E-state index contributed by atoms with van der Waals surface area (Å²) < 4.78 is 5.44. The van der Waals surface area contributed by atoms with Gasteiger partial charge in [0.05, 0.1) is 5.71 Å². The molecule has 0 fully saturated rings. The summed E-state index contributed by atoms with van der Waals surface area (Å²) in [6.45, 7) is 7.38. The molecule has 0 aliphatic carbocycles. The van der Waals surface area contributed by atoms with Crippen molar-refractivity contribution in [2.45, 2.75) is 27.7 Å². The highest BCUT2D eigenvalue weighted by molar-refractivity contribution is 5.99. The van der Waals surface area contributed by atoms with Gasteiger partial charge in [-0.15, -0.1) is 0 Å². The minimum atomic E-state index is -0.210. The molecule has 0 amide bonds. The molecule has 100 valence electrons. The van der Waals surface area contributed by atoms with Crippen molar-refractivity contribution in [2.75, 3.05) is 5.43 Å². The fourth-order valence-electron chi connectivity index (χ4n) is 1.82. The number of aromatic amines is 1. The number of hydrogen-bond acceptors (Lipinski definition) is 5. The van der Waals surface area contributed by atoms with Crippen molar-refractivity contribution in [3.8, 4) is 0 Å². The molecule has 19 heavy (non-hydrogen) atoms. The van der Waals surface area contributed by atoms with Crippen molar-refractivity contribution in [3.05, 3.63) is 45.3 Å². The number of aromatic nitrogens is 2. The van der Waals surface area contributed by atoms with Gasteiger partial charge in [0.1, 0.15) is 11.5 Å². The minimum Gasteiger partial charge on any atom is -0.466 e. The van der Waals surface area contributed by atoms with E-state index >= 15 is 0 Å². The normalized spacial score (nSPS) is 11.7. The Kier molecular flexibility index (Phi) is 3.50. The van der Waals surface area contributed by atoms with E-state index in [1.54, 1.807) is 6.92 Å². The Hall–Kier alpha value is -2.37. The van der Waals surface area contributed by atoms with E-state index in [2.05, 4.69) is 20.5 Å². The molecule has 0 unspecified atom stereocenters. The van der Waals surface area contributed by atoms with E-state index in [1.807, 2.05) is 26.8 Å². The molecule has 6 heteroatoms. The number of hydrazone groups is 1. The summed E-state index contributed by atoms with van der Waals surface area (Å²) in [6.07, 6.45) is 0. The van der Waals surface area contributed by atoms with Crippen LogP contribution in [0.25, 0.3) is 0 Å². The minimum absolute atomic E-state index is 0.210. The number of anilines is 1. The van der Waals surface area contributed by atoms with Crippen molar-refractivity contribution in [1.29, 1.82) is 0 Å². The molecule has 0 bridgehead atoms. The smallest absolute Gasteiger partial charge is 0.252 e. The third-order valence-electron chi connectivity index (χ3n) is 2.63. The maximum Gasteiger partial charge on any atom is 0.252 e. The standard InChI is InChI=1S/C13H16N4O2/c1-7-5-12(18)15-13(14-7)17-16-9(3)11-6-8(2)19-10(11)4/h5-6H,1-4H3,(H2,14,15,17,18)/b16-9-. The van der Waals surface area contributed by atoms with E-state index in [0.29, 0.717) is 11.6 Å².